The molecule has 1 aromatic heterocycles. The summed E-state index contributed by atoms with van der Waals surface area (Å²) in [4.78, 5) is 51.4. The van der Waals surface area contributed by atoms with E-state index >= 15 is 0 Å². The SMILES string of the molecule is C/C(C=c1s/c(=C2/SC(=S)N(CC(=O)O)C2=O)n(CC(=O)O)c1=O)=C1\Oc2cc3c(cc2N1C)OCO3. The van der Waals surface area contributed by atoms with Crippen LogP contribution >= 0.6 is 35.3 Å². The van der Waals surface area contributed by atoms with Crippen molar-refractivity contribution in [2.24, 2.45) is 0 Å². The van der Waals surface area contributed by atoms with Gasteiger partial charge in [-0.05, 0) is 13.0 Å². The van der Waals surface area contributed by atoms with Crippen molar-refractivity contribution in [3.63, 3.8) is 0 Å². The van der Waals surface area contributed by atoms with Gasteiger partial charge in [0.2, 0.25) is 12.7 Å². The predicted octanol–water partition coefficient (Wildman–Crippen LogP) is 0.317. The highest BCUT2D eigenvalue weighted by Gasteiger charge is 2.35. The first-order chi connectivity index (χ1) is 17.5. The number of amides is 1. The summed E-state index contributed by atoms with van der Waals surface area (Å²) in [6.07, 6.45) is 1.55. The number of thiocarbonyl (C=S) groups is 1. The molecule has 0 unspecified atom stereocenters. The number of benzene rings is 1. The second-order valence-corrected chi connectivity index (χ2v) is 10.7. The minimum Gasteiger partial charge on any atom is -0.480 e. The molecule has 192 valence electrons. The molecule has 1 aromatic carbocycles. The Morgan fingerprint density at radius 1 is 1.11 bits per heavy atom. The Bertz CT molecular complexity index is 1620. The number of fused-ring (bicyclic) bond motifs is 2. The van der Waals surface area contributed by atoms with E-state index in [-0.39, 0.29) is 25.2 Å². The van der Waals surface area contributed by atoms with E-state index in [1.54, 1.807) is 37.1 Å². The van der Waals surface area contributed by atoms with Crippen LogP contribution in [0.1, 0.15) is 6.92 Å². The fourth-order valence-electron chi connectivity index (χ4n) is 3.91. The number of ether oxygens (including phenoxy) is 3. The largest absolute Gasteiger partial charge is 0.480 e. The number of rotatable bonds is 5. The molecule has 0 atom stereocenters. The molecule has 2 aromatic rings. The van der Waals surface area contributed by atoms with Crippen molar-refractivity contribution >= 4 is 74.2 Å². The maximum atomic E-state index is 13.2. The number of aliphatic carboxylic acids is 2. The molecule has 1 fully saturated rings. The molecular weight excluding hydrogens is 546 g/mol. The van der Waals surface area contributed by atoms with Crippen LogP contribution in [-0.2, 0) is 20.9 Å². The standard InChI is InChI=1S/C22H17N3O9S3/c1-9(20-23(2)10-4-12-13(33-8-32-12)5-11(10)34-20)3-14-18(30)24(6-15(26)27)21(36-14)17-19(31)25(7-16(28)29)22(35)37-17/h3-5H,6-8H2,1-2H3,(H,26,27)(H,28,29)/b14-3?,20-9+,21-17+. The van der Waals surface area contributed by atoms with Gasteiger partial charge in [0.15, 0.2) is 17.2 Å². The summed E-state index contributed by atoms with van der Waals surface area (Å²) >= 11 is 6.87. The zero-order chi connectivity index (χ0) is 26.6. The Morgan fingerprint density at radius 2 is 1.78 bits per heavy atom. The van der Waals surface area contributed by atoms with Crippen LogP contribution in [0.4, 0.5) is 5.69 Å². The van der Waals surface area contributed by atoms with Crippen LogP contribution in [0.2, 0.25) is 0 Å². The van der Waals surface area contributed by atoms with Gasteiger partial charge in [-0.25, -0.2) is 0 Å². The van der Waals surface area contributed by atoms with Crippen LogP contribution in [0, 0.1) is 0 Å². The summed E-state index contributed by atoms with van der Waals surface area (Å²) in [6, 6.07) is 3.50. The third kappa shape index (κ3) is 4.34. The van der Waals surface area contributed by atoms with Crippen molar-refractivity contribution in [2.45, 2.75) is 13.5 Å². The molecule has 0 spiro atoms. The van der Waals surface area contributed by atoms with Crippen LogP contribution in [0.25, 0.3) is 11.0 Å². The van der Waals surface area contributed by atoms with E-state index in [4.69, 9.17) is 31.5 Å². The van der Waals surface area contributed by atoms with E-state index < -0.39 is 36.5 Å². The molecular formula is C22H17N3O9S3. The fourth-order valence-corrected chi connectivity index (χ4v) is 6.46. The third-order valence-corrected chi connectivity index (χ3v) is 8.25. The number of anilines is 1. The van der Waals surface area contributed by atoms with E-state index in [0.717, 1.165) is 38.3 Å². The molecule has 5 rings (SSSR count). The first-order valence-corrected chi connectivity index (χ1v) is 12.6. The molecule has 0 radical (unpaired) electrons. The quantitative estimate of drug-likeness (QED) is 0.483. The Kier molecular flexibility index (Phi) is 6.21. The van der Waals surface area contributed by atoms with E-state index in [1.165, 1.54) is 0 Å². The van der Waals surface area contributed by atoms with Gasteiger partial charge in [0.1, 0.15) is 27.0 Å². The van der Waals surface area contributed by atoms with Gasteiger partial charge in [-0.2, -0.15) is 0 Å². The molecule has 37 heavy (non-hydrogen) atoms. The van der Waals surface area contributed by atoms with E-state index in [2.05, 4.69) is 0 Å². The summed E-state index contributed by atoms with van der Waals surface area (Å²) in [6.45, 7) is 0.519. The van der Waals surface area contributed by atoms with Crippen LogP contribution in [0.15, 0.2) is 28.4 Å². The molecule has 2 N–H and O–H groups in total. The van der Waals surface area contributed by atoms with Crippen LogP contribution in [0.5, 0.6) is 17.2 Å². The molecule has 4 heterocycles. The number of hydrogen-bond acceptors (Lipinski definition) is 11. The van der Waals surface area contributed by atoms with E-state index in [1.807, 2.05) is 0 Å². The number of thioether (sulfide) groups is 1. The maximum absolute atomic E-state index is 13.2. The predicted molar refractivity (Wildman–Crippen MR) is 137 cm³/mol. The van der Waals surface area contributed by atoms with Gasteiger partial charge in [0.05, 0.1) is 10.2 Å². The number of allylic oxidation sites excluding steroid dienone is 1. The second-order valence-electron chi connectivity index (χ2n) is 8.01. The zero-order valence-electron chi connectivity index (χ0n) is 19.2. The van der Waals surface area contributed by atoms with Gasteiger partial charge in [-0.3, -0.25) is 28.6 Å². The topological polar surface area (TPSA) is 148 Å². The summed E-state index contributed by atoms with van der Waals surface area (Å²) in [5.74, 6) is -1.12. The Hall–Kier alpha value is -3.82. The summed E-state index contributed by atoms with van der Waals surface area (Å²) < 4.78 is 18.0. The van der Waals surface area contributed by atoms with E-state index in [0.29, 0.717) is 28.7 Å². The summed E-state index contributed by atoms with van der Waals surface area (Å²) in [5, 5.41) is 18.5. The molecule has 0 saturated carbocycles. The monoisotopic (exact) mass is 563 g/mol. The van der Waals surface area contributed by atoms with Gasteiger partial charge in [-0.15, -0.1) is 11.3 Å². The van der Waals surface area contributed by atoms with Crippen molar-refractivity contribution < 1.29 is 38.8 Å². The second kappa shape index (κ2) is 9.24. The third-order valence-electron chi connectivity index (χ3n) is 5.55. The lowest BCUT2D eigenvalue weighted by atomic mass is 10.2. The Labute approximate surface area is 221 Å². The molecule has 1 amide bonds. The lowest BCUT2D eigenvalue weighted by Crippen LogP contribution is -2.36. The molecule has 12 nitrogen and oxygen atoms in total. The summed E-state index contributed by atoms with van der Waals surface area (Å²) in [7, 11) is 1.78. The normalized spacial score (nSPS) is 19.5. The molecule has 3 aliphatic rings. The lowest BCUT2D eigenvalue weighted by Gasteiger charge is -2.12. The van der Waals surface area contributed by atoms with Crippen LogP contribution < -0.4 is 33.9 Å². The molecule has 0 aliphatic carbocycles. The number of hydrogen-bond donors (Lipinski definition) is 2. The highest BCUT2D eigenvalue weighted by Crippen LogP contribution is 2.47. The van der Waals surface area contributed by atoms with Crippen molar-refractivity contribution in [1.29, 1.82) is 0 Å². The minimum atomic E-state index is -1.28. The number of aromatic nitrogens is 1. The van der Waals surface area contributed by atoms with Gasteiger partial charge in [0.25, 0.3) is 11.5 Å². The lowest BCUT2D eigenvalue weighted by molar-refractivity contribution is -0.140. The number of carboxylic acid groups (broad SMARTS) is 2. The molecule has 1 saturated heterocycles. The number of thiazole rings is 1. The van der Waals surface area contributed by atoms with Crippen molar-refractivity contribution in [3.05, 3.63) is 43.1 Å². The first kappa shape index (κ1) is 24.9. The van der Waals surface area contributed by atoms with E-state index in [9.17, 15) is 24.3 Å². The van der Waals surface area contributed by atoms with Crippen LogP contribution in [-0.4, -0.2) is 62.2 Å². The van der Waals surface area contributed by atoms with Gasteiger partial charge in [-0.1, -0.05) is 24.0 Å². The fraction of sp³-hybridized carbons (Fsp3) is 0.227. The Morgan fingerprint density at radius 3 is 2.46 bits per heavy atom. The van der Waals surface area contributed by atoms with Gasteiger partial charge < -0.3 is 29.3 Å². The van der Waals surface area contributed by atoms with Crippen LogP contribution in [0.3, 0.4) is 0 Å². The minimum absolute atomic E-state index is 0.00397. The molecule has 15 heteroatoms. The molecule has 0 bridgehead atoms. The maximum Gasteiger partial charge on any atom is 0.323 e. The highest BCUT2D eigenvalue weighted by molar-refractivity contribution is 8.30. The van der Waals surface area contributed by atoms with Crippen molar-refractivity contribution in [3.8, 4) is 17.2 Å². The average molecular weight is 564 g/mol. The highest BCUT2D eigenvalue weighted by atomic mass is 32.2. The number of carbonyl (C=O) groups is 3. The molecule has 3 aliphatic heterocycles. The number of carbonyl (C=O) groups excluding carboxylic acids is 1. The van der Waals surface area contributed by atoms with Crippen molar-refractivity contribution in [1.82, 2.24) is 9.47 Å². The van der Waals surface area contributed by atoms with Gasteiger partial charge in [0, 0.05) is 24.8 Å². The van der Waals surface area contributed by atoms with Crippen molar-refractivity contribution in [2.75, 3.05) is 25.3 Å². The number of nitrogens with zero attached hydrogens (tertiary/aromatic N) is 3. The number of carboxylic acids is 2. The summed E-state index contributed by atoms with van der Waals surface area (Å²) in [5.41, 5.74) is 0.675. The first-order valence-electron chi connectivity index (χ1n) is 10.5. The zero-order valence-corrected chi connectivity index (χ0v) is 21.6. The van der Waals surface area contributed by atoms with Gasteiger partial charge >= 0.3 is 11.9 Å². The smallest absolute Gasteiger partial charge is 0.323 e. The average Bonchev–Trinajstić information content (AvgIpc) is 3.56. The Balaban J connectivity index is 1.61.